The van der Waals surface area contributed by atoms with Crippen LogP contribution in [0.1, 0.15) is 37.7 Å². The van der Waals surface area contributed by atoms with Crippen molar-refractivity contribution in [2.75, 3.05) is 39.3 Å². The fourth-order valence-electron chi connectivity index (χ4n) is 3.14. The van der Waals surface area contributed by atoms with E-state index in [1.165, 1.54) is 0 Å². The molecule has 144 valence electrons. The van der Waals surface area contributed by atoms with E-state index in [9.17, 15) is 9.59 Å². The van der Waals surface area contributed by atoms with Gasteiger partial charge < -0.3 is 16.0 Å². The lowest BCUT2D eigenvalue weighted by atomic mass is 10.1. The first-order valence-corrected chi connectivity index (χ1v) is 9.70. The average Bonchev–Trinajstić information content (AvgIpc) is 2.67. The van der Waals surface area contributed by atoms with Crippen LogP contribution in [0.4, 0.5) is 0 Å². The van der Waals surface area contributed by atoms with Crippen molar-refractivity contribution < 1.29 is 9.59 Å². The molecule has 6 nitrogen and oxygen atoms in total. The van der Waals surface area contributed by atoms with Crippen LogP contribution in [0.5, 0.6) is 0 Å². The highest BCUT2D eigenvalue weighted by Gasteiger charge is 2.21. The van der Waals surface area contributed by atoms with E-state index in [-0.39, 0.29) is 11.8 Å². The van der Waals surface area contributed by atoms with Gasteiger partial charge in [-0.05, 0) is 24.9 Å². The predicted octanol–water partition coefficient (Wildman–Crippen LogP) is 1.36. The smallest absolute Gasteiger partial charge is 0.234 e. The van der Waals surface area contributed by atoms with E-state index in [0.29, 0.717) is 32.6 Å². The number of benzene rings is 1. The molecular formula is C20H32N4O2. The van der Waals surface area contributed by atoms with Crippen molar-refractivity contribution in [2.24, 2.45) is 5.73 Å². The third-order valence-electron chi connectivity index (χ3n) is 4.77. The maximum Gasteiger partial charge on any atom is 0.234 e. The maximum atomic E-state index is 12.2. The molecule has 1 aromatic rings. The summed E-state index contributed by atoms with van der Waals surface area (Å²) in [6, 6.07) is 9.90. The van der Waals surface area contributed by atoms with Crippen LogP contribution in [0.3, 0.4) is 0 Å². The van der Waals surface area contributed by atoms with E-state index in [1.807, 2.05) is 35.2 Å². The topological polar surface area (TPSA) is 78.7 Å². The number of nitrogens with one attached hydrogen (secondary N) is 1. The van der Waals surface area contributed by atoms with Gasteiger partial charge in [-0.25, -0.2) is 0 Å². The van der Waals surface area contributed by atoms with Crippen LogP contribution < -0.4 is 11.1 Å². The highest BCUT2D eigenvalue weighted by atomic mass is 16.2. The molecule has 1 aliphatic heterocycles. The zero-order valence-electron chi connectivity index (χ0n) is 15.7. The largest absolute Gasteiger partial charge is 0.351 e. The Morgan fingerprint density at radius 3 is 2.35 bits per heavy atom. The number of carbonyl (C=O) groups is 2. The molecule has 3 N–H and O–H groups in total. The summed E-state index contributed by atoms with van der Waals surface area (Å²) >= 11 is 0. The molecule has 1 saturated heterocycles. The minimum atomic E-state index is 0.0357. The van der Waals surface area contributed by atoms with Crippen LogP contribution in [0.2, 0.25) is 0 Å². The number of nitrogens with zero attached hydrogens (tertiary/aromatic N) is 2. The number of piperazine rings is 1. The van der Waals surface area contributed by atoms with Crippen LogP contribution in [0.25, 0.3) is 0 Å². The molecule has 0 aromatic heterocycles. The van der Waals surface area contributed by atoms with Gasteiger partial charge >= 0.3 is 0 Å². The van der Waals surface area contributed by atoms with E-state index in [0.717, 1.165) is 50.9 Å². The Morgan fingerprint density at radius 1 is 0.962 bits per heavy atom. The number of hydrogen-bond acceptors (Lipinski definition) is 4. The Bertz CT molecular complexity index is 542. The third-order valence-corrected chi connectivity index (χ3v) is 4.77. The Labute approximate surface area is 156 Å². The first-order chi connectivity index (χ1) is 12.7. The summed E-state index contributed by atoms with van der Waals surface area (Å²) < 4.78 is 0. The molecule has 1 heterocycles. The molecular weight excluding hydrogens is 328 g/mol. The van der Waals surface area contributed by atoms with Crippen molar-refractivity contribution in [3.8, 4) is 0 Å². The highest BCUT2D eigenvalue weighted by Crippen LogP contribution is 2.08. The summed E-state index contributed by atoms with van der Waals surface area (Å²) in [5.74, 6) is 0.277. The molecule has 1 aromatic carbocycles. The SMILES string of the molecule is NCCCCCCC(=O)N1CCN(CC(=O)NCc2ccccc2)CC1. The fourth-order valence-corrected chi connectivity index (χ4v) is 3.14. The summed E-state index contributed by atoms with van der Waals surface area (Å²) in [6.07, 6.45) is 4.79. The second-order valence-electron chi connectivity index (χ2n) is 6.87. The van der Waals surface area contributed by atoms with Gasteiger partial charge in [0.15, 0.2) is 0 Å². The van der Waals surface area contributed by atoms with Gasteiger partial charge in [0.2, 0.25) is 11.8 Å². The number of hydrogen-bond donors (Lipinski definition) is 2. The van der Waals surface area contributed by atoms with E-state index in [2.05, 4.69) is 10.2 Å². The molecule has 6 heteroatoms. The van der Waals surface area contributed by atoms with Crippen molar-refractivity contribution >= 4 is 11.8 Å². The summed E-state index contributed by atoms with van der Waals surface area (Å²) in [7, 11) is 0. The van der Waals surface area contributed by atoms with Crippen LogP contribution in [0, 0.1) is 0 Å². The summed E-state index contributed by atoms with van der Waals surface area (Å²) in [6.45, 7) is 4.64. The lowest BCUT2D eigenvalue weighted by Crippen LogP contribution is -2.51. The van der Waals surface area contributed by atoms with Crippen molar-refractivity contribution in [1.82, 2.24) is 15.1 Å². The Balaban J connectivity index is 1.58. The quantitative estimate of drug-likeness (QED) is 0.618. The average molecular weight is 361 g/mol. The van der Waals surface area contributed by atoms with Crippen LogP contribution in [0.15, 0.2) is 30.3 Å². The number of nitrogens with two attached hydrogens (primary N) is 1. The lowest BCUT2D eigenvalue weighted by molar-refractivity contribution is -0.133. The normalized spacial score (nSPS) is 15.0. The van der Waals surface area contributed by atoms with Gasteiger partial charge in [0, 0.05) is 39.1 Å². The van der Waals surface area contributed by atoms with E-state index < -0.39 is 0 Å². The predicted molar refractivity (Wildman–Crippen MR) is 103 cm³/mol. The molecule has 0 bridgehead atoms. The van der Waals surface area contributed by atoms with E-state index in [4.69, 9.17) is 5.73 Å². The lowest BCUT2D eigenvalue weighted by Gasteiger charge is -2.34. The summed E-state index contributed by atoms with van der Waals surface area (Å²) in [4.78, 5) is 28.4. The number of unbranched alkanes of at least 4 members (excludes halogenated alkanes) is 3. The molecule has 26 heavy (non-hydrogen) atoms. The van der Waals surface area contributed by atoms with Crippen molar-refractivity contribution in [1.29, 1.82) is 0 Å². The van der Waals surface area contributed by atoms with Crippen LogP contribution in [-0.4, -0.2) is 60.9 Å². The first kappa shape index (κ1) is 20.4. The van der Waals surface area contributed by atoms with E-state index in [1.54, 1.807) is 0 Å². The first-order valence-electron chi connectivity index (χ1n) is 9.70. The zero-order valence-corrected chi connectivity index (χ0v) is 15.7. The molecule has 1 aliphatic rings. The third kappa shape index (κ3) is 7.54. The fraction of sp³-hybridized carbons (Fsp3) is 0.600. The second-order valence-corrected chi connectivity index (χ2v) is 6.87. The second kappa shape index (κ2) is 11.6. The minimum absolute atomic E-state index is 0.0357. The zero-order chi connectivity index (χ0) is 18.6. The summed E-state index contributed by atoms with van der Waals surface area (Å²) in [5, 5.41) is 2.95. The molecule has 0 unspecified atom stereocenters. The van der Waals surface area contributed by atoms with Gasteiger partial charge in [-0.2, -0.15) is 0 Å². The van der Waals surface area contributed by atoms with Gasteiger partial charge in [0.05, 0.1) is 6.54 Å². The Hall–Kier alpha value is -1.92. The Kier molecular flexibility index (Phi) is 9.14. The van der Waals surface area contributed by atoms with E-state index >= 15 is 0 Å². The Morgan fingerprint density at radius 2 is 1.65 bits per heavy atom. The molecule has 0 atom stereocenters. The van der Waals surface area contributed by atoms with Gasteiger partial charge in [0.1, 0.15) is 0 Å². The van der Waals surface area contributed by atoms with Crippen molar-refractivity contribution in [3.63, 3.8) is 0 Å². The molecule has 0 saturated carbocycles. The standard InChI is InChI=1S/C20H32N4O2/c21-11-7-2-1-6-10-20(26)24-14-12-23(13-15-24)17-19(25)22-16-18-8-4-3-5-9-18/h3-5,8-9H,1-2,6-7,10-17,21H2,(H,22,25). The minimum Gasteiger partial charge on any atom is -0.351 e. The van der Waals surface area contributed by atoms with Gasteiger partial charge in [-0.1, -0.05) is 43.2 Å². The number of rotatable bonds is 10. The monoisotopic (exact) mass is 360 g/mol. The summed E-state index contributed by atoms with van der Waals surface area (Å²) in [5.41, 5.74) is 6.57. The van der Waals surface area contributed by atoms with Gasteiger partial charge in [-0.15, -0.1) is 0 Å². The van der Waals surface area contributed by atoms with Crippen molar-refractivity contribution in [2.45, 2.75) is 38.6 Å². The molecule has 0 spiro atoms. The molecule has 2 rings (SSSR count). The van der Waals surface area contributed by atoms with Crippen LogP contribution in [-0.2, 0) is 16.1 Å². The van der Waals surface area contributed by atoms with Crippen molar-refractivity contribution in [3.05, 3.63) is 35.9 Å². The molecule has 1 fully saturated rings. The highest BCUT2D eigenvalue weighted by molar-refractivity contribution is 5.78. The molecule has 0 aliphatic carbocycles. The maximum absolute atomic E-state index is 12.2. The van der Waals surface area contributed by atoms with Crippen LogP contribution >= 0.6 is 0 Å². The van der Waals surface area contributed by atoms with Gasteiger partial charge in [0.25, 0.3) is 0 Å². The molecule has 0 radical (unpaired) electrons. The van der Waals surface area contributed by atoms with Gasteiger partial charge in [-0.3, -0.25) is 14.5 Å². The molecule has 2 amide bonds. The number of carbonyl (C=O) groups excluding carboxylic acids is 2. The number of amides is 2.